The molecule has 1 atom stereocenters. The summed E-state index contributed by atoms with van der Waals surface area (Å²) >= 11 is 0. The predicted molar refractivity (Wildman–Crippen MR) is 74.0 cm³/mol. The summed E-state index contributed by atoms with van der Waals surface area (Å²) in [5.41, 5.74) is 3.14. The molecule has 2 heterocycles. The molecule has 96 valence electrons. The van der Waals surface area contributed by atoms with Gasteiger partial charge in [-0.25, -0.2) is 0 Å². The molecule has 0 radical (unpaired) electrons. The van der Waals surface area contributed by atoms with Gasteiger partial charge in [0.1, 0.15) is 0 Å². The number of fused-ring (bicyclic) bond motifs is 1. The molecule has 1 aliphatic rings. The monoisotopic (exact) mass is 253 g/mol. The van der Waals surface area contributed by atoms with Crippen molar-refractivity contribution in [3.63, 3.8) is 0 Å². The van der Waals surface area contributed by atoms with Gasteiger partial charge in [0.2, 0.25) is 0 Å². The number of nitriles is 1. The summed E-state index contributed by atoms with van der Waals surface area (Å²) < 4.78 is 5.40. The molecular formula is C15H15N3O. The van der Waals surface area contributed by atoms with Gasteiger partial charge in [-0.2, -0.15) is 5.26 Å². The van der Waals surface area contributed by atoms with E-state index in [4.69, 9.17) is 10.00 Å². The highest BCUT2D eigenvalue weighted by Gasteiger charge is 2.21. The predicted octanol–water partition coefficient (Wildman–Crippen LogP) is 2.27. The van der Waals surface area contributed by atoms with Gasteiger partial charge in [0.25, 0.3) is 0 Å². The second kappa shape index (κ2) is 4.87. The lowest BCUT2D eigenvalue weighted by atomic mass is 10.1. The van der Waals surface area contributed by atoms with Gasteiger partial charge >= 0.3 is 0 Å². The van der Waals surface area contributed by atoms with Crippen molar-refractivity contribution in [3.05, 3.63) is 36.0 Å². The van der Waals surface area contributed by atoms with E-state index in [1.54, 1.807) is 0 Å². The van der Waals surface area contributed by atoms with Crippen molar-refractivity contribution in [3.8, 4) is 6.07 Å². The van der Waals surface area contributed by atoms with Crippen LogP contribution in [0.4, 0.5) is 5.69 Å². The summed E-state index contributed by atoms with van der Waals surface area (Å²) in [6.45, 7) is 4.02. The SMILES string of the molecule is Cc1cc(N2CCOC(C#N)C2)c2ccccc2n1. The molecule has 0 bridgehead atoms. The Morgan fingerprint density at radius 2 is 2.26 bits per heavy atom. The number of anilines is 1. The van der Waals surface area contributed by atoms with Gasteiger partial charge in [0, 0.05) is 23.3 Å². The molecule has 1 saturated heterocycles. The highest BCUT2D eigenvalue weighted by molar-refractivity contribution is 5.92. The normalized spacial score (nSPS) is 19.4. The van der Waals surface area contributed by atoms with Gasteiger partial charge in [0.05, 0.1) is 24.7 Å². The first-order valence-corrected chi connectivity index (χ1v) is 6.40. The van der Waals surface area contributed by atoms with Gasteiger partial charge in [-0.3, -0.25) is 4.98 Å². The zero-order valence-electron chi connectivity index (χ0n) is 10.8. The van der Waals surface area contributed by atoms with Crippen LogP contribution in [0.1, 0.15) is 5.69 Å². The fraction of sp³-hybridized carbons (Fsp3) is 0.333. The molecule has 0 saturated carbocycles. The number of hydrogen-bond donors (Lipinski definition) is 0. The van der Waals surface area contributed by atoms with E-state index >= 15 is 0 Å². The van der Waals surface area contributed by atoms with Crippen molar-refractivity contribution < 1.29 is 4.74 Å². The number of rotatable bonds is 1. The number of benzene rings is 1. The number of ether oxygens (including phenoxy) is 1. The van der Waals surface area contributed by atoms with E-state index in [1.807, 2.05) is 25.1 Å². The van der Waals surface area contributed by atoms with Crippen molar-refractivity contribution in [2.45, 2.75) is 13.0 Å². The molecule has 0 spiro atoms. The molecule has 1 unspecified atom stereocenters. The lowest BCUT2D eigenvalue weighted by Gasteiger charge is -2.32. The van der Waals surface area contributed by atoms with E-state index in [2.05, 4.69) is 28.1 Å². The zero-order valence-corrected chi connectivity index (χ0v) is 10.8. The Balaban J connectivity index is 2.07. The number of morpholine rings is 1. The maximum atomic E-state index is 9.01. The van der Waals surface area contributed by atoms with Crippen LogP contribution >= 0.6 is 0 Å². The topological polar surface area (TPSA) is 49.1 Å². The molecule has 0 N–H and O–H groups in total. The Morgan fingerprint density at radius 1 is 1.42 bits per heavy atom. The second-order valence-electron chi connectivity index (χ2n) is 4.73. The highest BCUT2D eigenvalue weighted by atomic mass is 16.5. The number of pyridine rings is 1. The molecule has 1 aromatic carbocycles. The van der Waals surface area contributed by atoms with Gasteiger partial charge < -0.3 is 9.64 Å². The summed E-state index contributed by atoms with van der Waals surface area (Å²) in [4.78, 5) is 6.76. The van der Waals surface area contributed by atoms with Gasteiger partial charge in [-0.05, 0) is 19.1 Å². The van der Waals surface area contributed by atoms with E-state index in [9.17, 15) is 0 Å². The number of para-hydroxylation sites is 1. The van der Waals surface area contributed by atoms with Crippen LogP contribution in [0.3, 0.4) is 0 Å². The van der Waals surface area contributed by atoms with E-state index < -0.39 is 0 Å². The number of aromatic nitrogens is 1. The molecule has 1 aromatic heterocycles. The fourth-order valence-electron chi connectivity index (χ4n) is 2.49. The Hall–Kier alpha value is -2.12. The van der Waals surface area contributed by atoms with Crippen LogP contribution < -0.4 is 4.90 Å². The summed E-state index contributed by atoms with van der Waals surface area (Å²) in [6, 6.07) is 12.4. The average molecular weight is 253 g/mol. The van der Waals surface area contributed by atoms with Crippen molar-refractivity contribution in [1.29, 1.82) is 5.26 Å². The summed E-state index contributed by atoms with van der Waals surface area (Å²) in [5.74, 6) is 0. The van der Waals surface area contributed by atoms with Gasteiger partial charge in [0.15, 0.2) is 6.10 Å². The standard InChI is InChI=1S/C15H15N3O/c1-11-8-15(13-4-2-3-5-14(13)17-11)18-6-7-19-12(9-16)10-18/h2-5,8,12H,6-7,10H2,1H3. The van der Waals surface area contributed by atoms with E-state index in [1.165, 1.54) is 0 Å². The molecule has 1 aliphatic heterocycles. The van der Waals surface area contributed by atoms with Crippen LogP contribution in [-0.2, 0) is 4.74 Å². The van der Waals surface area contributed by atoms with Crippen LogP contribution in [0.25, 0.3) is 10.9 Å². The molecule has 4 nitrogen and oxygen atoms in total. The molecule has 0 amide bonds. The Bertz CT molecular complexity index is 647. The van der Waals surface area contributed by atoms with E-state index in [-0.39, 0.29) is 6.10 Å². The highest BCUT2D eigenvalue weighted by Crippen LogP contribution is 2.27. The quantitative estimate of drug-likeness (QED) is 0.782. The largest absolute Gasteiger partial charge is 0.365 e. The minimum absolute atomic E-state index is 0.346. The molecule has 4 heteroatoms. The molecular weight excluding hydrogens is 238 g/mol. The summed E-state index contributed by atoms with van der Waals surface area (Å²) in [7, 11) is 0. The third-order valence-corrected chi connectivity index (χ3v) is 3.37. The molecule has 19 heavy (non-hydrogen) atoms. The summed E-state index contributed by atoms with van der Waals surface area (Å²) in [6.07, 6.45) is -0.346. The van der Waals surface area contributed by atoms with Gasteiger partial charge in [-0.1, -0.05) is 18.2 Å². The zero-order chi connectivity index (χ0) is 13.2. The van der Waals surface area contributed by atoms with E-state index in [0.717, 1.165) is 28.8 Å². The maximum absolute atomic E-state index is 9.01. The van der Waals surface area contributed by atoms with Crippen LogP contribution in [0.15, 0.2) is 30.3 Å². The first-order valence-electron chi connectivity index (χ1n) is 6.40. The second-order valence-corrected chi connectivity index (χ2v) is 4.73. The first kappa shape index (κ1) is 11.9. The van der Waals surface area contributed by atoms with Crippen LogP contribution in [0, 0.1) is 18.3 Å². The van der Waals surface area contributed by atoms with Crippen LogP contribution in [-0.4, -0.2) is 30.8 Å². The molecule has 3 rings (SSSR count). The van der Waals surface area contributed by atoms with Crippen molar-refractivity contribution in [2.24, 2.45) is 0 Å². The van der Waals surface area contributed by atoms with Crippen molar-refractivity contribution >= 4 is 16.6 Å². The lowest BCUT2D eigenvalue weighted by Crippen LogP contribution is -2.42. The smallest absolute Gasteiger partial charge is 0.161 e. The lowest BCUT2D eigenvalue weighted by molar-refractivity contribution is 0.0765. The third-order valence-electron chi connectivity index (χ3n) is 3.37. The van der Waals surface area contributed by atoms with Crippen molar-refractivity contribution in [1.82, 2.24) is 4.98 Å². The number of nitrogens with zero attached hydrogens (tertiary/aromatic N) is 3. The number of aryl methyl sites for hydroxylation is 1. The minimum Gasteiger partial charge on any atom is -0.365 e. The Morgan fingerprint density at radius 3 is 3.11 bits per heavy atom. The average Bonchev–Trinajstić information content (AvgIpc) is 2.46. The van der Waals surface area contributed by atoms with Crippen LogP contribution in [0.2, 0.25) is 0 Å². The van der Waals surface area contributed by atoms with E-state index in [0.29, 0.717) is 13.2 Å². The molecule has 2 aromatic rings. The molecule has 0 aliphatic carbocycles. The first-order chi connectivity index (χ1) is 9.28. The fourth-order valence-corrected chi connectivity index (χ4v) is 2.49. The maximum Gasteiger partial charge on any atom is 0.161 e. The summed E-state index contributed by atoms with van der Waals surface area (Å²) in [5, 5.41) is 10.1. The third kappa shape index (κ3) is 2.25. The van der Waals surface area contributed by atoms with Crippen LogP contribution in [0.5, 0.6) is 0 Å². The minimum atomic E-state index is -0.346. The Kier molecular flexibility index (Phi) is 3.06. The van der Waals surface area contributed by atoms with Gasteiger partial charge in [-0.15, -0.1) is 0 Å². The Labute approximate surface area is 112 Å². The van der Waals surface area contributed by atoms with Crippen molar-refractivity contribution in [2.75, 3.05) is 24.6 Å². The number of hydrogen-bond acceptors (Lipinski definition) is 4. The molecule has 1 fully saturated rings.